The zero-order chi connectivity index (χ0) is 18.7. The van der Waals surface area contributed by atoms with Gasteiger partial charge in [-0.1, -0.05) is 57.9 Å². The summed E-state index contributed by atoms with van der Waals surface area (Å²) in [5.41, 5.74) is 0.922. The lowest BCUT2D eigenvalue weighted by Crippen LogP contribution is -2.34. The van der Waals surface area contributed by atoms with E-state index in [1.54, 1.807) is 6.07 Å². The van der Waals surface area contributed by atoms with Crippen LogP contribution >= 0.6 is 0 Å². The molecular weight excluding hydrogens is 318 g/mol. The molecule has 0 aliphatic rings. The first-order valence-corrected chi connectivity index (χ1v) is 9.01. The van der Waals surface area contributed by atoms with Crippen LogP contribution < -0.4 is 10.1 Å². The van der Waals surface area contributed by atoms with Gasteiger partial charge in [0.05, 0.1) is 19.3 Å². The van der Waals surface area contributed by atoms with E-state index in [0.717, 1.165) is 12.8 Å². The number of rotatable bonds is 12. The van der Waals surface area contributed by atoms with E-state index >= 15 is 0 Å². The van der Waals surface area contributed by atoms with Crippen LogP contribution in [0.15, 0.2) is 30.8 Å². The molecule has 1 rings (SSSR count). The Labute approximate surface area is 150 Å². The third kappa shape index (κ3) is 7.28. The summed E-state index contributed by atoms with van der Waals surface area (Å²) < 4.78 is 5.98. The van der Waals surface area contributed by atoms with Gasteiger partial charge in [0.25, 0.3) is 5.91 Å². The quantitative estimate of drug-likeness (QED) is 0.507. The Bertz CT molecular complexity index is 544. The number of carbonyl (C=O) groups is 1. The van der Waals surface area contributed by atoms with Crippen LogP contribution in [0.3, 0.4) is 0 Å². The Balaban J connectivity index is 2.71. The summed E-state index contributed by atoms with van der Waals surface area (Å²) in [6.45, 7) is 8.39. The molecule has 1 aromatic carbocycles. The van der Waals surface area contributed by atoms with Crippen LogP contribution in [0.25, 0.3) is 5.57 Å². The van der Waals surface area contributed by atoms with Crippen molar-refractivity contribution in [2.45, 2.75) is 45.6 Å². The maximum Gasteiger partial charge on any atom is 0.251 e. The van der Waals surface area contributed by atoms with Crippen molar-refractivity contribution in [2.75, 3.05) is 19.8 Å². The molecule has 3 N–H and O–H groups in total. The zero-order valence-corrected chi connectivity index (χ0v) is 15.3. The summed E-state index contributed by atoms with van der Waals surface area (Å²) in [6, 6.07) is 7.33. The smallest absolute Gasteiger partial charge is 0.251 e. The summed E-state index contributed by atoms with van der Waals surface area (Å²) >= 11 is 0. The summed E-state index contributed by atoms with van der Waals surface area (Å²) in [4.78, 5) is 12.2. The molecular formula is C20H31NO4. The summed E-state index contributed by atoms with van der Waals surface area (Å²) in [5.74, 6) is 0.747. The van der Waals surface area contributed by atoms with Gasteiger partial charge in [-0.3, -0.25) is 4.79 Å². The average molecular weight is 349 g/mol. The Morgan fingerprint density at radius 3 is 2.68 bits per heavy atom. The minimum atomic E-state index is -0.980. The first-order valence-electron chi connectivity index (χ1n) is 9.01. The summed E-state index contributed by atoms with van der Waals surface area (Å²) in [7, 11) is 0. The predicted molar refractivity (Wildman–Crippen MR) is 100 cm³/mol. The maximum absolute atomic E-state index is 12.2. The van der Waals surface area contributed by atoms with Crippen LogP contribution in [0.4, 0.5) is 0 Å². The fourth-order valence-corrected chi connectivity index (χ4v) is 2.45. The maximum atomic E-state index is 12.2. The van der Waals surface area contributed by atoms with E-state index in [2.05, 4.69) is 25.7 Å². The molecule has 0 saturated carbocycles. The highest BCUT2D eigenvalue weighted by atomic mass is 16.5. The van der Waals surface area contributed by atoms with Gasteiger partial charge in [0.15, 0.2) is 0 Å². The van der Waals surface area contributed by atoms with E-state index in [-0.39, 0.29) is 18.0 Å². The van der Waals surface area contributed by atoms with Crippen molar-refractivity contribution in [1.29, 1.82) is 0 Å². The molecule has 0 fully saturated rings. The normalized spacial score (nSPS) is 13.1. The number of hydrogen-bond acceptors (Lipinski definition) is 4. The number of aliphatic hydroxyl groups is 2. The Morgan fingerprint density at radius 2 is 2.04 bits per heavy atom. The molecule has 25 heavy (non-hydrogen) atoms. The van der Waals surface area contributed by atoms with Crippen molar-refractivity contribution in [3.05, 3.63) is 36.4 Å². The van der Waals surface area contributed by atoms with Crippen molar-refractivity contribution < 1.29 is 19.7 Å². The van der Waals surface area contributed by atoms with Gasteiger partial charge in [-0.2, -0.15) is 0 Å². The number of amides is 1. The van der Waals surface area contributed by atoms with Crippen molar-refractivity contribution >= 4 is 11.5 Å². The highest BCUT2D eigenvalue weighted by Crippen LogP contribution is 2.26. The van der Waals surface area contributed by atoms with Crippen LogP contribution in [-0.4, -0.2) is 42.0 Å². The second-order valence-electron chi connectivity index (χ2n) is 6.25. The van der Waals surface area contributed by atoms with Crippen LogP contribution in [0, 0.1) is 5.92 Å². The zero-order valence-electron chi connectivity index (χ0n) is 15.3. The minimum Gasteiger partial charge on any atom is -0.493 e. The molecule has 0 saturated heterocycles. The first kappa shape index (κ1) is 21.2. The number of para-hydroxylation sites is 1. The van der Waals surface area contributed by atoms with E-state index in [9.17, 15) is 9.90 Å². The number of nitrogens with one attached hydrogen (secondary N) is 1. The second-order valence-corrected chi connectivity index (χ2v) is 6.25. The van der Waals surface area contributed by atoms with Gasteiger partial charge < -0.3 is 20.3 Å². The van der Waals surface area contributed by atoms with E-state index < -0.39 is 12.7 Å². The van der Waals surface area contributed by atoms with Gasteiger partial charge in [0.1, 0.15) is 5.75 Å². The molecule has 0 heterocycles. The molecule has 2 unspecified atom stereocenters. The predicted octanol–water partition coefficient (Wildman–Crippen LogP) is 2.76. The molecule has 1 amide bonds. The van der Waals surface area contributed by atoms with Crippen LogP contribution in [-0.2, 0) is 4.79 Å². The van der Waals surface area contributed by atoms with Crippen molar-refractivity contribution in [2.24, 2.45) is 5.92 Å². The SMILES string of the molecule is C=C(C(=O)NCC(O)CO)c1ccccc1OCC(CC)CCCC. The number of benzene rings is 1. The molecule has 0 aliphatic heterocycles. The van der Waals surface area contributed by atoms with Gasteiger partial charge in [-0.05, 0) is 18.4 Å². The molecule has 0 aliphatic carbocycles. The Kier molecular flexibility index (Phi) is 9.88. The molecule has 0 radical (unpaired) electrons. The monoisotopic (exact) mass is 349 g/mol. The van der Waals surface area contributed by atoms with Gasteiger partial charge in [0, 0.05) is 17.7 Å². The third-order valence-corrected chi connectivity index (χ3v) is 4.21. The lowest BCUT2D eigenvalue weighted by molar-refractivity contribution is -0.116. The number of aliphatic hydroxyl groups excluding tert-OH is 2. The molecule has 0 bridgehead atoms. The fourth-order valence-electron chi connectivity index (χ4n) is 2.45. The highest BCUT2D eigenvalue weighted by Gasteiger charge is 2.16. The van der Waals surface area contributed by atoms with Crippen LogP contribution in [0.5, 0.6) is 5.75 Å². The third-order valence-electron chi connectivity index (χ3n) is 4.21. The van der Waals surface area contributed by atoms with Gasteiger partial charge in [0.2, 0.25) is 0 Å². The molecule has 5 heteroatoms. The lowest BCUT2D eigenvalue weighted by Gasteiger charge is -2.18. The minimum absolute atomic E-state index is 0.0215. The number of ether oxygens (including phenoxy) is 1. The van der Waals surface area contributed by atoms with Crippen LogP contribution in [0.2, 0.25) is 0 Å². The fraction of sp³-hybridized carbons (Fsp3) is 0.550. The van der Waals surface area contributed by atoms with E-state index in [1.165, 1.54) is 12.8 Å². The van der Waals surface area contributed by atoms with Crippen molar-refractivity contribution in [3.63, 3.8) is 0 Å². The van der Waals surface area contributed by atoms with Gasteiger partial charge in [-0.25, -0.2) is 0 Å². The standard InChI is InChI=1S/C20H31NO4/c1-4-6-9-16(5-2)14-25-19-11-8-7-10-18(19)15(3)20(24)21-12-17(23)13-22/h7-8,10-11,16-17,22-23H,3-6,9,12-14H2,1-2H3,(H,21,24). The largest absolute Gasteiger partial charge is 0.493 e. The van der Waals surface area contributed by atoms with Crippen molar-refractivity contribution in [3.8, 4) is 5.75 Å². The molecule has 1 aromatic rings. The Hall–Kier alpha value is -1.85. The van der Waals surface area contributed by atoms with Crippen LogP contribution in [0.1, 0.15) is 45.1 Å². The molecule has 2 atom stereocenters. The molecule has 140 valence electrons. The first-order chi connectivity index (χ1) is 12.0. The topological polar surface area (TPSA) is 78.8 Å². The van der Waals surface area contributed by atoms with Gasteiger partial charge >= 0.3 is 0 Å². The molecule has 0 spiro atoms. The summed E-state index contributed by atoms with van der Waals surface area (Å²) in [6.07, 6.45) is 3.57. The van der Waals surface area contributed by atoms with E-state index in [1.807, 2.05) is 18.2 Å². The lowest BCUT2D eigenvalue weighted by atomic mass is 10.0. The van der Waals surface area contributed by atoms with E-state index in [0.29, 0.717) is 23.8 Å². The van der Waals surface area contributed by atoms with Crippen molar-refractivity contribution in [1.82, 2.24) is 5.32 Å². The number of hydrogen-bond donors (Lipinski definition) is 3. The number of carbonyl (C=O) groups excluding carboxylic acids is 1. The highest BCUT2D eigenvalue weighted by molar-refractivity contribution is 6.19. The number of unbranched alkanes of at least 4 members (excludes halogenated alkanes) is 1. The average Bonchev–Trinajstić information content (AvgIpc) is 2.65. The molecule has 0 aromatic heterocycles. The summed E-state index contributed by atoms with van der Waals surface area (Å²) in [5, 5.41) is 20.7. The van der Waals surface area contributed by atoms with E-state index in [4.69, 9.17) is 9.84 Å². The van der Waals surface area contributed by atoms with Gasteiger partial charge in [-0.15, -0.1) is 0 Å². The molecule has 5 nitrogen and oxygen atoms in total. The Morgan fingerprint density at radius 1 is 1.32 bits per heavy atom. The second kappa shape index (κ2) is 11.7.